The van der Waals surface area contributed by atoms with E-state index in [0.717, 1.165) is 0 Å². The summed E-state index contributed by atoms with van der Waals surface area (Å²) in [4.78, 5) is 2.53. The molecule has 15 heavy (non-hydrogen) atoms. The molecule has 1 saturated heterocycles. The number of hydrogen-bond donors (Lipinski definition) is 0. The van der Waals surface area contributed by atoms with Crippen LogP contribution in [0.2, 0.25) is 0 Å². The van der Waals surface area contributed by atoms with Gasteiger partial charge in [0.2, 0.25) is 0 Å². The SMILES string of the molecule is C1=CC2CCCCCCCCCN2C=C1. The molecule has 0 bridgehead atoms. The first-order chi connectivity index (χ1) is 7.47. The lowest BCUT2D eigenvalue weighted by molar-refractivity contribution is 0.292. The Kier molecular flexibility index (Phi) is 4.31. The first kappa shape index (κ1) is 10.8. The van der Waals surface area contributed by atoms with Gasteiger partial charge in [0.25, 0.3) is 0 Å². The van der Waals surface area contributed by atoms with Crippen molar-refractivity contribution >= 4 is 0 Å². The molecule has 0 aromatic heterocycles. The van der Waals surface area contributed by atoms with E-state index in [1.165, 1.54) is 57.9 Å². The second kappa shape index (κ2) is 5.99. The van der Waals surface area contributed by atoms with Gasteiger partial charge < -0.3 is 4.90 Å². The third-order valence-corrected chi connectivity index (χ3v) is 3.56. The van der Waals surface area contributed by atoms with Crippen molar-refractivity contribution in [2.75, 3.05) is 6.54 Å². The van der Waals surface area contributed by atoms with Crippen LogP contribution in [0.3, 0.4) is 0 Å². The first-order valence-electron chi connectivity index (χ1n) is 6.57. The second-order valence-corrected chi connectivity index (χ2v) is 4.80. The molecule has 0 saturated carbocycles. The highest BCUT2D eigenvalue weighted by atomic mass is 15.1. The lowest BCUT2D eigenvalue weighted by atomic mass is 10.0. The zero-order valence-corrected chi connectivity index (χ0v) is 9.70. The summed E-state index contributed by atoms with van der Waals surface area (Å²) >= 11 is 0. The number of fused-ring (bicyclic) bond motifs is 1. The molecule has 1 nitrogen and oxygen atoms in total. The maximum atomic E-state index is 2.53. The number of rotatable bonds is 0. The Morgan fingerprint density at radius 3 is 2.40 bits per heavy atom. The minimum atomic E-state index is 0.688. The zero-order chi connectivity index (χ0) is 10.3. The van der Waals surface area contributed by atoms with Crippen LogP contribution in [0.5, 0.6) is 0 Å². The van der Waals surface area contributed by atoms with Crippen LogP contribution >= 0.6 is 0 Å². The minimum absolute atomic E-state index is 0.688. The summed E-state index contributed by atoms with van der Waals surface area (Å²) in [5.74, 6) is 0. The van der Waals surface area contributed by atoms with Gasteiger partial charge in [-0.15, -0.1) is 0 Å². The highest BCUT2D eigenvalue weighted by Gasteiger charge is 2.14. The number of allylic oxidation sites excluding steroid dienone is 2. The topological polar surface area (TPSA) is 3.24 Å². The predicted octanol–water partition coefficient (Wildman–Crippen LogP) is 3.87. The van der Waals surface area contributed by atoms with E-state index in [-0.39, 0.29) is 0 Å². The second-order valence-electron chi connectivity index (χ2n) is 4.80. The fourth-order valence-electron chi connectivity index (χ4n) is 2.61. The molecule has 1 atom stereocenters. The molecule has 2 heterocycles. The van der Waals surface area contributed by atoms with E-state index in [4.69, 9.17) is 0 Å². The van der Waals surface area contributed by atoms with E-state index in [1.807, 2.05) is 0 Å². The van der Waals surface area contributed by atoms with Crippen LogP contribution in [-0.2, 0) is 0 Å². The molecular formula is C14H23N. The Hall–Kier alpha value is -0.720. The lowest BCUT2D eigenvalue weighted by Gasteiger charge is -2.30. The van der Waals surface area contributed by atoms with Crippen molar-refractivity contribution in [1.82, 2.24) is 4.90 Å². The molecule has 2 rings (SSSR count). The van der Waals surface area contributed by atoms with Gasteiger partial charge in [0.15, 0.2) is 0 Å². The molecule has 0 aliphatic carbocycles. The highest BCUT2D eigenvalue weighted by molar-refractivity contribution is 5.13. The van der Waals surface area contributed by atoms with E-state index in [0.29, 0.717) is 6.04 Å². The zero-order valence-electron chi connectivity index (χ0n) is 9.70. The van der Waals surface area contributed by atoms with Gasteiger partial charge in [0, 0.05) is 12.6 Å². The Bertz CT molecular complexity index is 205. The molecular weight excluding hydrogens is 182 g/mol. The van der Waals surface area contributed by atoms with Crippen LogP contribution in [0.15, 0.2) is 24.4 Å². The quantitative estimate of drug-likeness (QED) is 0.580. The fourth-order valence-corrected chi connectivity index (χ4v) is 2.61. The lowest BCUT2D eigenvalue weighted by Crippen LogP contribution is -2.31. The van der Waals surface area contributed by atoms with Crippen molar-refractivity contribution in [2.24, 2.45) is 0 Å². The first-order valence-corrected chi connectivity index (χ1v) is 6.57. The van der Waals surface area contributed by atoms with Crippen LogP contribution in [0, 0.1) is 0 Å². The molecule has 2 aliphatic rings. The van der Waals surface area contributed by atoms with Gasteiger partial charge in [0.1, 0.15) is 0 Å². The summed E-state index contributed by atoms with van der Waals surface area (Å²) < 4.78 is 0. The van der Waals surface area contributed by atoms with Crippen LogP contribution in [0.4, 0.5) is 0 Å². The smallest absolute Gasteiger partial charge is 0.0470 e. The maximum absolute atomic E-state index is 2.53. The number of nitrogens with zero attached hydrogens (tertiary/aromatic N) is 1. The molecule has 1 heteroatoms. The van der Waals surface area contributed by atoms with Gasteiger partial charge in [0.05, 0.1) is 0 Å². The van der Waals surface area contributed by atoms with Gasteiger partial charge in [-0.25, -0.2) is 0 Å². The average molecular weight is 205 g/mol. The molecule has 0 N–H and O–H groups in total. The summed E-state index contributed by atoms with van der Waals surface area (Å²) in [5, 5.41) is 0. The molecule has 84 valence electrons. The molecule has 0 spiro atoms. The minimum Gasteiger partial charge on any atom is -0.371 e. The predicted molar refractivity (Wildman–Crippen MR) is 65.7 cm³/mol. The molecule has 0 aromatic rings. The largest absolute Gasteiger partial charge is 0.371 e. The highest BCUT2D eigenvalue weighted by Crippen LogP contribution is 2.19. The van der Waals surface area contributed by atoms with Crippen molar-refractivity contribution in [1.29, 1.82) is 0 Å². The molecule has 2 aliphatic heterocycles. The van der Waals surface area contributed by atoms with Crippen molar-refractivity contribution in [3.8, 4) is 0 Å². The van der Waals surface area contributed by atoms with E-state index >= 15 is 0 Å². The normalized spacial score (nSPS) is 28.3. The summed E-state index contributed by atoms with van der Waals surface area (Å²) in [7, 11) is 0. The summed E-state index contributed by atoms with van der Waals surface area (Å²) in [6.45, 7) is 1.26. The van der Waals surface area contributed by atoms with E-state index in [2.05, 4.69) is 29.3 Å². The third kappa shape index (κ3) is 3.40. The van der Waals surface area contributed by atoms with Crippen LogP contribution in [0.1, 0.15) is 51.4 Å². The molecule has 0 radical (unpaired) electrons. The summed E-state index contributed by atoms with van der Waals surface area (Å²) in [5.41, 5.74) is 0. The maximum Gasteiger partial charge on any atom is 0.0470 e. The number of hydrogen-bond acceptors (Lipinski definition) is 1. The van der Waals surface area contributed by atoms with Gasteiger partial charge in [-0.2, -0.15) is 0 Å². The summed E-state index contributed by atoms with van der Waals surface area (Å²) in [6.07, 6.45) is 20.4. The van der Waals surface area contributed by atoms with E-state index in [1.54, 1.807) is 0 Å². The molecule has 1 fully saturated rings. The Morgan fingerprint density at radius 1 is 0.800 bits per heavy atom. The van der Waals surface area contributed by atoms with Crippen molar-refractivity contribution < 1.29 is 0 Å². The van der Waals surface area contributed by atoms with Gasteiger partial charge in [-0.1, -0.05) is 50.7 Å². The molecule has 0 amide bonds. The van der Waals surface area contributed by atoms with Crippen LogP contribution < -0.4 is 0 Å². The molecule has 0 aromatic carbocycles. The van der Waals surface area contributed by atoms with Crippen LogP contribution in [-0.4, -0.2) is 17.5 Å². The van der Waals surface area contributed by atoms with Gasteiger partial charge in [-0.05, 0) is 25.1 Å². The Balaban J connectivity index is 1.90. The van der Waals surface area contributed by atoms with Crippen molar-refractivity contribution in [3.63, 3.8) is 0 Å². The van der Waals surface area contributed by atoms with Crippen molar-refractivity contribution in [2.45, 2.75) is 57.4 Å². The molecule has 1 unspecified atom stereocenters. The average Bonchev–Trinajstić information content (AvgIpc) is 2.32. The van der Waals surface area contributed by atoms with E-state index < -0.39 is 0 Å². The third-order valence-electron chi connectivity index (χ3n) is 3.56. The Labute approximate surface area is 93.9 Å². The monoisotopic (exact) mass is 205 g/mol. The van der Waals surface area contributed by atoms with Gasteiger partial charge in [-0.3, -0.25) is 0 Å². The Morgan fingerprint density at radius 2 is 1.53 bits per heavy atom. The standard InChI is InChI=1S/C14H23N/c1-2-4-6-10-14-11-7-9-13-15(14)12-8-5-3-1/h7,9,11,13-14H,1-6,8,10,12H2. The van der Waals surface area contributed by atoms with Gasteiger partial charge >= 0.3 is 0 Å². The fraction of sp³-hybridized carbons (Fsp3) is 0.714. The van der Waals surface area contributed by atoms with Crippen LogP contribution in [0.25, 0.3) is 0 Å². The van der Waals surface area contributed by atoms with E-state index in [9.17, 15) is 0 Å². The summed E-state index contributed by atoms with van der Waals surface area (Å²) in [6, 6.07) is 0.688. The van der Waals surface area contributed by atoms with Crippen molar-refractivity contribution in [3.05, 3.63) is 24.4 Å².